The smallest absolute Gasteiger partial charge is 0.270 e. The minimum absolute atomic E-state index is 0.0888. The fraction of sp³-hybridized carbons (Fsp3) is 0.417. The summed E-state index contributed by atoms with van der Waals surface area (Å²) in [6, 6.07) is 4.06. The zero-order chi connectivity index (χ0) is 17.1. The molecule has 0 aliphatic rings. The van der Waals surface area contributed by atoms with Crippen LogP contribution >= 0.6 is 50.7 Å². The van der Waals surface area contributed by atoms with E-state index in [2.05, 4.69) is 26.6 Å². The molecule has 1 aromatic carbocycles. The lowest BCUT2D eigenvalue weighted by atomic mass is 10.2. The SMILES string of the molecule is CC(C)C(=O)N[C@H](Nc1ccc([N+](=O)[O-])cc1Br)C(Cl)(Cl)Cl. The Hall–Kier alpha value is -0.760. The van der Waals surface area contributed by atoms with Crippen molar-refractivity contribution in [1.82, 2.24) is 5.32 Å². The highest BCUT2D eigenvalue weighted by molar-refractivity contribution is 9.10. The summed E-state index contributed by atoms with van der Waals surface area (Å²) in [4.78, 5) is 22.0. The molecule has 2 N–H and O–H groups in total. The van der Waals surface area contributed by atoms with Crippen molar-refractivity contribution >= 4 is 68.0 Å². The van der Waals surface area contributed by atoms with Crippen molar-refractivity contribution < 1.29 is 9.72 Å². The molecule has 0 radical (unpaired) electrons. The normalized spacial score (nSPS) is 12.9. The molecule has 0 saturated carbocycles. The predicted molar refractivity (Wildman–Crippen MR) is 91.5 cm³/mol. The monoisotopic (exact) mass is 431 g/mol. The molecule has 1 rings (SSSR count). The molecule has 0 heterocycles. The summed E-state index contributed by atoms with van der Waals surface area (Å²) in [5, 5.41) is 16.1. The average molecular weight is 434 g/mol. The van der Waals surface area contributed by atoms with Gasteiger partial charge in [-0.2, -0.15) is 0 Å². The standard InChI is InChI=1S/C12H13BrCl3N3O3/c1-6(2)10(20)18-11(12(14,15)16)17-9-4-3-7(19(21)22)5-8(9)13/h3-6,11,17H,1-2H3,(H,18,20)/t11-/m0/s1. The molecule has 0 aliphatic heterocycles. The molecule has 1 atom stereocenters. The maximum absolute atomic E-state index is 11.8. The maximum Gasteiger partial charge on any atom is 0.270 e. The van der Waals surface area contributed by atoms with Crippen molar-refractivity contribution in [2.45, 2.75) is 23.8 Å². The molecule has 6 nitrogen and oxygen atoms in total. The number of non-ortho nitro benzene ring substituents is 1. The van der Waals surface area contributed by atoms with E-state index in [-0.39, 0.29) is 17.5 Å². The minimum atomic E-state index is -1.81. The Morgan fingerprint density at radius 2 is 1.95 bits per heavy atom. The van der Waals surface area contributed by atoms with E-state index in [1.807, 2.05) is 0 Å². The largest absolute Gasteiger partial charge is 0.361 e. The third kappa shape index (κ3) is 5.46. The van der Waals surface area contributed by atoms with Gasteiger partial charge in [-0.25, -0.2) is 0 Å². The van der Waals surface area contributed by atoms with Gasteiger partial charge in [0.2, 0.25) is 9.70 Å². The molecule has 0 unspecified atom stereocenters. The van der Waals surface area contributed by atoms with Crippen LogP contribution in [0.25, 0.3) is 0 Å². The first-order valence-corrected chi connectivity index (χ1v) is 8.02. The van der Waals surface area contributed by atoms with E-state index >= 15 is 0 Å². The van der Waals surface area contributed by atoms with E-state index in [4.69, 9.17) is 34.8 Å². The summed E-state index contributed by atoms with van der Waals surface area (Å²) in [5.74, 6) is -0.598. The third-order valence-corrected chi connectivity index (χ3v) is 3.91. The minimum Gasteiger partial charge on any atom is -0.361 e. The number of nitrogens with one attached hydrogen (secondary N) is 2. The number of carbonyl (C=O) groups is 1. The number of nitrogens with zero attached hydrogens (tertiary/aromatic N) is 1. The molecule has 122 valence electrons. The topological polar surface area (TPSA) is 84.3 Å². The average Bonchev–Trinajstić information content (AvgIpc) is 2.38. The molecule has 1 aromatic rings. The van der Waals surface area contributed by atoms with Gasteiger partial charge >= 0.3 is 0 Å². The molecule has 10 heteroatoms. The second-order valence-corrected chi connectivity index (χ2v) is 7.93. The molecular weight excluding hydrogens is 420 g/mol. The number of hydrogen-bond acceptors (Lipinski definition) is 4. The van der Waals surface area contributed by atoms with Crippen LogP contribution in [0.5, 0.6) is 0 Å². The quantitative estimate of drug-likeness (QED) is 0.315. The summed E-state index contributed by atoms with van der Waals surface area (Å²) in [6.45, 7) is 3.40. The first kappa shape index (κ1) is 19.3. The van der Waals surface area contributed by atoms with Crippen molar-refractivity contribution in [1.29, 1.82) is 0 Å². The molecule has 0 saturated heterocycles. The predicted octanol–water partition coefficient (Wildman–Crippen LogP) is 4.24. The second kappa shape index (κ2) is 7.68. The van der Waals surface area contributed by atoms with Crippen LogP contribution in [0.4, 0.5) is 11.4 Å². The number of rotatable bonds is 5. The van der Waals surface area contributed by atoms with Crippen LogP contribution in [0.1, 0.15) is 13.8 Å². The van der Waals surface area contributed by atoms with Crippen LogP contribution < -0.4 is 10.6 Å². The van der Waals surface area contributed by atoms with Crippen LogP contribution in [0.2, 0.25) is 0 Å². The molecule has 0 bridgehead atoms. The summed E-state index contributed by atoms with van der Waals surface area (Å²) >= 11 is 20.8. The molecule has 1 amide bonds. The van der Waals surface area contributed by atoms with Crippen molar-refractivity contribution in [3.63, 3.8) is 0 Å². The molecule has 0 spiro atoms. The lowest BCUT2D eigenvalue weighted by molar-refractivity contribution is -0.384. The Kier molecular flexibility index (Phi) is 6.73. The van der Waals surface area contributed by atoms with Gasteiger partial charge in [0.05, 0.1) is 10.6 Å². The van der Waals surface area contributed by atoms with E-state index in [1.165, 1.54) is 18.2 Å². The summed E-state index contributed by atoms with van der Waals surface area (Å²) in [7, 11) is 0. The Bertz CT molecular complexity index is 578. The van der Waals surface area contributed by atoms with Gasteiger partial charge in [-0.1, -0.05) is 48.7 Å². The van der Waals surface area contributed by atoms with Gasteiger partial charge < -0.3 is 10.6 Å². The Balaban J connectivity index is 3.00. The molecule has 0 aromatic heterocycles. The summed E-state index contributed by atoms with van der Waals surface area (Å²) in [5.41, 5.74) is 0.347. The number of carbonyl (C=O) groups excluding carboxylic acids is 1. The fourth-order valence-corrected chi connectivity index (χ4v) is 2.21. The van der Waals surface area contributed by atoms with Crippen LogP contribution in [0, 0.1) is 16.0 Å². The van der Waals surface area contributed by atoms with Gasteiger partial charge in [0.25, 0.3) is 5.69 Å². The van der Waals surface area contributed by atoms with Gasteiger partial charge in [-0.05, 0) is 22.0 Å². The van der Waals surface area contributed by atoms with E-state index in [0.29, 0.717) is 10.2 Å². The first-order chi connectivity index (χ1) is 10.0. The Morgan fingerprint density at radius 3 is 2.36 bits per heavy atom. The van der Waals surface area contributed by atoms with Crippen molar-refractivity contribution in [2.24, 2.45) is 5.92 Å². The van der Waals surface area contributed by atoms with Gasteiger partial charge in [0.1, 0.15) is 6.17 Å². The van der Waals surface area contributed by atoms with Crippen LogP contribution in [0.3, 0.4) is 0 Å². The molecular formula is C12H13BrCl3N3O3. The Morgan fingerprint density at radius 1 is 1.36 bits per heavy atom. The first-order valence-electron chi connectivity index (χ1n) is 6.10. The second-order valence-electron chi connectivity index (χ2n) is 4.70. The van der Waals surface area contributed by atoms with Gasteiger partial charge in [0.15, 0.2) is 0 Å². The maximum atomic E-state index is 11.8. The lowest BCUT2D eigenvalue weighted by Crippen LogP contribution is -2.50. The number of hydrogen-bond donors (Lipinski definition) is 2. The van der Waals surface area contributed by atoms with Gasteiger partial charge in [0, 0.05) is 22.5 Å². The van der Waals surface area contributed by atoms with Gasteiger partial charge in [-0.15, -0.1) is 0 Å². The lowest BCUT2D eigenvalue weighted by Gasteiger charge is -2.28. The number of halogens is 4. The van der Waals surface area contributed by atoms with Crippen LogP contribution in [-0.4, -0.2) is 20.8 Å². The Labute approximate surface area is 150 Å². The van der Waals surface area contributed by atoms with Crippen molar-refractivity contribution in [3.05, 3.63) is 32.8 Å². The third-order valence-electron chi connectivity index (χ3n) is 2.60. The van der Waals surface area contributed by atoms with E-state index < -0.39 is 14.9 Å². The molecule has 22 heavy (non-hydrogen) atoms. The zero-order valence-corrected chi connectivity index (χ0v) is 15.4. The van der Waals surface area contributed by atoms with Crippen molar-refractivity contribution in [3.8, 4) is 0 Å². The van der Waals surface area contributed by atoms with E-state index in [9.17, 15) is 14.9 Å². The van der Waals surface area contributed by atoms with Gasteiger partial charge in [-0.3, -0.25) is 14.9 Å². The number of nitro benzene ring substituents is 1. The highest BCUT2D eigenvalue weighted by atomic mass is 79.9. The molecule has 0 aliphatic carbocycles. The molecule has 0 fully saturated rings. The summed E-state index contributed by atoms with van der Waals surface area (Å²) in [6.07, 6.45) is -1.01. The fourth-order valence-electron chi connectivity index (χ4n) is 1.40. The van der Waals surface area contributed by atoms with E-state index in [0.717, 1.165) is 0 Å². The van der Waals surface area contributed by atoms with Crippen molar-refractivity contribution in [2.75, 3.05) is 5.32 Å². The number of amides is 1. The zero-order valence-electron chi connectivity index (χ0n) is 11.6. The highest BCUT2D eigenvalue weighted by Crippen LogP contribution is 2.34. The highest BCUT2D eigenvalue weighted by Gasteiger charge is 2.34. The summed E-state index contributed by atoms with van der Waals surface area (Å²) < 4.78 is -1.41. The number of anilines is 1. The van der Waals surface area contributed by atoms with E-state index in [1.54, 1.807) is 13.8 Å². The number of alkyl halides is 3. The number of nitro groups is 1. The number of benzene rings is 1. The van der Waals surface area contributed by atoms with Crippen LogP contribution in [0.15, 0.2) is 22.7 Å². The van der Waals surface area contributed by atoms with Crippen LogP contribution in [-0.2, 0) is 4.79 Å².